The molecular formula is C22H33ClIN5O. The molecule has 0 saturated carbocycles. The van der Waals surface area contributed by atoms with Crippen molar-refractivity contribution < 1.29 is 4.52 Å². The van der Waals surface area contributed by atoms with E-state index >= 15 is 0 Å². The summed E-state index contributed by atoms with van der Waals surface area (Å²) in [5.41, 5.74) is 3.41. The Morgan fingerprint density at radius 1 is 1.33 bits per heavy atom. The average molecular weight is 546 g/mol. The van der Waals surface area contributed by atoms with Crippen LogP contribution >= 0.6 is 35.6 Å². The third-order valence-corrected chi connectivity index (χ3v) is 6.04. The number of rotatable bonds is 6. The molecule has 1 aromatic heterocycles. The number of hydrogen-bond acceptors (Lipinski definition) is 4. The number of aromatic nitrogens is 1. The Morgan fingerprint density at radius 3 is 2.80 bits per heavy atom. The molecule has 8 heteroatoms. The van der Waals surface area contributed by atoms with Gasteiger partial charge in [0.05, 0.1) is 5.69 Å². The molecule has 1 aromatic carbocycles. The minimum atomic E-state index is 0. The van der Waals surface area contributed by atoms with Gasteiger partial charge in [-0.05, 0) is 70.3 Å². The number of aliphatic imine (C=N–C) groups is 1. The van der Waals surface area contributed by atoms with Crippen molar-refractivity contribution in [2.45, 2.75) is 39.2 Å². The van der Waals surface area contributed by atoms with E-state index in [0.717, 1.165) is 48.5 Å². The number of benzene rings is 1. The summed E-state index contributed by atoms with van der Waals surface area (Å²) in [6.07, 6.45) is 3.25. The molecule has 6 nitrogen and oxygen atoms in total. The number of hydrogen-bond donors (Lipinski definition) is 2. The lowest BCUT2D eigenvalue weighted by Crippen LogP contribution is -2.45. The predicted octanol–water partition coefficient (Wildman–Crippen LogP) is 4.35. The molecule has 0 bridgehead atoms. The maximum absolute atomic E-state index is 6.26. The summed E-state index contributed by atoms with van der Waals surface area (Å²) in [6.45, 7) is 6.70. The number of piperidine rings is 1. The summed E-state index contributed by atoms with van der Waals surface area (Å²) in [5.74, 6) is 2.21. The third-order valence-electron chi connectivity index (χ3n) is 5.80. The van der Waals surface area contributed by atoms with E-state index in [1.165, 1.54) is 24.0 Å². The smallest absolute Gasteiger partial charge is 0.190 e. The molecule has 1 saturated heterocycles. The van der Waals surface area contributed by atoms with Crippen molar-refractivity contribution in [2.75, 3.05) is 33.7 Å². The molecule has 0 radical (unpaired) electrons. The van der Waals surface area contributed by atoms with Gasteiger partial charge < -0.3 is 15.2 Å². The summed E-state index contributed by atoms with van der Waals surface area (Å²) >= 11 is 6.26. The molecule has 2 unspecified atom stereocenters. The van der Waals surface area contributed by atoms with E-state index in [9.17, 15) is 0 Å². The highest BCUT2D eigenvalue weighted by Crippen LogP contribution is 2.35. The molecule has 30 heavy (non-hydrogen) atoms. The predicted molar refractivity (Wildman–Crippen MR) is 134 cm³/mol. The van der Waals surface area contributed by atoms with Crippen molar-refractivity contribution >= 4 is 41.5 Å². The first-order valence-electron chi connectivity index (χ1n) is 10.3. The van der Waals surface area contributed by atoms with Crippen molar-refractivity contribution in [2.24, 2.45) is 10.9 Å². The van der Waals surface area contributed by atoms with Crippen LogP contribution in [0.25, 0.3) is 0 Å². The Bertz CT molecular complexity index is 821. The van der Waals surface area contributed by atoms with Gasteiger partial charge in [0, 0.05) is 36.8 Å². The maximum atomic E-state index is 6.26. The Kier molecular flexibility index (Phi) is 9.90. The van der Waals surface area contributed by atoms with Crippen LogP contribution in [-0.4, -0.2) is 49.7 Å². The first-order chi connectivity index (χ1) is 14.0. The molecule has 2 atom stereocenters. The Morgan fingerprint density at radius 2 is 2.13 bits per heavy atom. The van der Waals surface area contributed by atoms with Crippen LogP contribution < -0.4 is 10.6 Å². The van der Waals surface area contributed by atoms with Crippen molar-refractivity contribution in [3.05, 3.63) is 51.9 Å². The molecule has 0 spiro atoms. The van der Waals surface area contributed by atoms with Crippen LogP contribution in [0.4, 0.5) is 0 Å². The average Bonchev–Trinajstić information content (AvgIpc) is 3.02. The number of nitrogens with one attached hydrogen (secondary N) is 2. The normalized spacial score (nSPS) is 20.0. The zero-order valence-corrected chi connectivity index (χ0v) is 21.3. The minimum absolute atomic E-state index is 0. The number of nitrogens with zero attached hydrogens (tertiary/aromatic N) is 3. The van der Waals surface area contributed by atoms with Gasteiger partial charge in [0.15, 0.2) is 5.96 Å². The fraction of sp³-hybridized carbons (Fsp3) is 0.545. The van der Waals surface area contributed by atoms with E-state index in [1.807, 2.05) is 33.0 Å². The summed E-state index contributed by atoms with van der Waals surface area (Å²) < 4.78 is 5.24. The van der Waals surface area contributed by atoms with Crippen molar-refractivity contribution in [1.29, 1.82) is 0 Å². The van der Waals surface area contributed by atoms with E-state index < -0.39 is 0 Å². The zero-order chi connectivity index (χ0) is 20.8. The van der Waals surface area contributed by atoms with Crippen molar-refractivity contribution in [1.82, 2.24) is 20.7 Å². The lowest BCUT2D eigenvalue weighted by atomic mass is 9.85. The molecule has 3 rings (SSSR count). The highest BCUT2D eigenvalue weighted by Gasteiger charge is 2.30. The van der Waals surface area contributed by atoms with Crippen LogP contribution in [0.5, 0.6) is 0 Å². The molecule has 1 fully saturated rings. The summed E-state index contributed by atoms with van der Waals surface area (Å²) in [6, 6.07) is 8.61. The monoisotopic (exact) mass is 545 g/mol. The molecule has 0 aliphatic carbocycles. The SMILES string of the molecule is CN=C(NCCc1c(C)noc1C)NCC1CCCN(C)C1c1cccc(Cl)c1.I. The van der Waals surface area contributed by atoms with Gasteiger partial charge in [0.2, 0.25) is 0 Å². The van der Waals surface area contributed by atoms with E-state index in [4.69, 9.17) is 16.1 Å². The van der Waals surface area contributed by atoms with Crippen LogP contribution in [0.1, 0.15) is 41.5 Å². The molecule has 2 aromatic rings. The van der Waals surface area contributed by atoms with Crippen LogP contribution in [0.3, 0.4) is 0 Å². The highest BCUT2D eigenvalue weighted by molar-refractivity contribution is 14.0. The Hall–Kier alpha value is -1.32. The van der Waals surface area contributed by atoms with Gasteiger partial charge in [0.25, 0.3) is 0 Å². The molecule has 2 heterocycles. The van der Waals surface area contributed by atoms with Crippen LogP contribution in [0.15, 0.2) is 33.8 Å². The standard InChI is InChI=1S/C22H32ClN5O.HI/c1-15-20(16(2)29-27-15)10-11-25-22(24-3)26-14-18-8-6-12-28(4)21(18)17-7-5-9-19(23)13-17;/h5,7,9,13,18,21H,6,8,10-12,14H2,1-4H3,(H2,24,25,26);1H. The maximum Gasteiger partial charge on any atom is 0.190 e. The quantitative estimate of drug-likeness (QED) is 0.321. The second-order valence-corrected chi connectivity index (χ2v) is 8.25. The van der Waals surface area contributed by atoms with E-state index in [-0.39, 0.29) is 24.0 Å². The highest BCUT2D eigenvalue weighted by atomic mass is 127. The Labute approximate surface area is 201 Å². The molecule has 166 valence electrons. The van der Waals surface area contributed by atoms with Gasteiger partial charge in [-0.25, -0.2) is 0 Å². The molecular weight excluding hydrogens is 513 g/mol. The van der Waals surface area contributed by atoms with E-state index in [0.29, 0.717) is 12.0 Å². The largest absolute Gasteiger partial charge is 0.361 e. The van der Waals surface area contributed by atoms with Crippen LogP contribution in [0.2, 0.25) is 5.02 Å². The summed E-state index contributed by atoms with van der Waals surface area (Å²) in [5, 5.41) is 11.8. The second-order valence-electron chi connectivity index (χ2n) is 7.82. The van der Waals surface area contributed by atoms with Gasteiger partial charge in [-0.3, -0.25) is 9.89 Å². The summed E-state index contributed by atoms with van der Waals surface area (Å²) in [7, 11) is 4.01. The summed E-state index contributed by atoms with van der Waals surface area (Å²) in [4.78, 5) is 6.83. The van der Waals surface area contributed by atoms with E-state index in [2.05, 4.69) is 44.9 Å². The van der Waals surface area contributed by atoms with Crippen LogP contribution in [-0.2, 0) is 6.42 Å². The third kappa shape index (κ3) is 6.34. The van der Waals surface area contributed by atoms with Gasteiger partial charge in [-0.15, -0.1) is 24.0 Å². The van der Waals surface area contributed by atoms with Crippen molar-refractivity contribution in [3.63, 3.8) is 0 Å². The molecule has 2 N–H and O–H groups in total. The topological polar surface area (TPSA) is 65.7 Å². The number of halogens is 2. The van der Waals surface area contributed by atoms with Gasteiger partial charge in [-0.1, -0.05) is 28.9 Å². The first kappa shape index (κ1) is 24.9. The van der Waals surface area contributed by atoms with E-state index in [1.54, 1.807) is 0 Å². The Balaban J connectivity index is 0.00000320. The minimum Gasteiger partial charge on any atom is -0.361 e. The number of likely N-dealkylation sites (tertiary alicyclic amines) is 1. The lowest BCUT2D eigenvalue weighted by Gasteiger charge is -2.40. The lowest BCUT2D eigenvalue weighted by molar-refractivity contribution is 0.122. The number of guanidine groups is 1. The second kappa shape index (κ2) is 11.9. The molecule has 1 aliphatic rings. The van der Waals surface area contributed by atoms with Gasteiger partial charge in [-0.2, -0.15) is 0 Å². The van der Waals surface area contributed by atoms with Crippen LogP contribution in [0, 0.1) is 19.8 Å². The van der Waals surface area contributed by atoms with Crippen molar-refractivity contribution in [3.8, 4) is 0 Å². The molecule has 1 aliphatic heterocycles. The zero-order valence-electron chi connectivity index (χ0n) is 18.2. The van der Waals surface area contributed by atoms with Gasteiger partial charge >= 0.3 is 0 Å². The fourth-order valence-electron chi connectivity index (χ4n) is 4.30. The van der Waals surface area contributed by atoms with Gasteiger partial charge in [0.1, 0.15) is 5.76 Å². The number of aryl methyl sites for hydroxylation is 2. The molecule has 0 amide bonds. The first-order valence-corrected chi connectivity index (χ1v) is 10.7. The fourth-order valence-corrected chi connectivity index (χ4v) is 4.50.